The van der Waals surface area contributed by atoms with Crippen molar-refractivity contribution in [3.63, 3.8) is 0 Å². The van der Waals surface area contributed by atoms with Gasteiger partial charge in [0.25, 0.3) is 0 Å². The Balaban J connectivity index is 1.38. The number of nitrogens with zero attached hydrogens (tertiary/aromatic N) is 1. The molecule has 0 spiro atoms. The number of carbonyl (C=O) groups excluding carboxylic acids is 1. The van der Waals surface area contributed by atoms with Gasteiger partial charge in [-0.15, -0.1) is 0 Å². The number of rotatable bonds is 8. The molecule has 0 aliphatic heterocycles. The summed E-state index contributed by atoms with van der Waals surface area (Å²) in [6.07, 6.45) is 1.62. The molecule has 1 atom stereocenters. The van der Waals surface area contributed by atoms with E-state index in [-0.39, 0.29) is 10.9 Å². The van der Waals surface area contributed by atoms with E-state index in [1.807, 2.05) is 78.3 Å². The van der Waals surface area contributed by atoms with Crippen molar-refractivity contribution in [3.05, 3.63) is 90.5 Å². The van der Waals surface area contributed by atoms with Crippen molar-refractivity contribution in [2.75, 3.05) is 0 Å². The van der Waals surface area contributed by atoms with Gasteiger partial charge in [-0.25, -0.2) is 13.1 Å². The highest BCUT2D eigenvalue weighted by atomic mass is 32.2. The van der Waals surface area contributed by atoms with E-state index in [2.05, 4.69) is 10.8 Å². The minimum absolute atomic E-state index is 0.200. The zero-order chi connectivity index (χ0) is 28.7. The first kappa shape index (κ1) is 28.1. The number of aliphatic hydroxyl groups is 1. The van der Waals surface area contributed by atoms with Gasteiger partial charge in [0.15, 0.2) is 0 Å². The van der Waals surface area contributed by atoms with Gasteiger partial charge in [0, 0.05) is 35.6 Å². The molecule has 210 valence electrons. The van der Waals surface area contributed by atoms with Crippen molar-refractivity contribution in [1.29, 1.82) is 0 Å². The summed E-state index contributed by atoms with van der Waals surface area (Å²) >= 11 is 0. The molecular formula is C32H37N3O4S. The average molecular weight is 560 g/mol. The summed E-state index contributed by atoms with van der Waals surface area (Å²) in [6, 6.07) is 26.4. The van der Waals surface area contributed by atoms with Crippen LogP contribution in [0.2, 0.25) is 0 Å². The lowest BCUT2D eigenvalue weighted by Gasteiger charge is -2.48. The summed E-state index contributed by atoms with van der Waals surface area (Å²) in [5.41, 5.74) is 7.57. The lowest BCUT2D eigenvalue weighted by molar-refractivity contribution is -0.137. The predicted molar refractivity (Wildman–Crippen MR) is 158 cm³/mol. The van der Waals surface area contributed by atoms with Crippen LogP contribution in [0.1, 0.15) is 51.0 Å². The molecule has 1 aliphatic carbocycles. The van der Waals surface area contributed by atoms with Crippen LogP contribution in [0.25, 0.3) is 22.2 Å². The molecule has 7 nitrogen and oxygen atoms in total. The molecule has 5 rings (SSSR count). The van der Waals surface area contributed by atoms with Crippen molar-refractivity contribution in [2.45, 2.75) is 62.0 Å². The standard InChI is InChI=1S/C32H37N3O4S/c1-31(2,37)29(23-12-8-5-9-13-23)32(30(33)36)18-16-25(17-19-32)34-40(38,39)26-15-14-24-20-27(35(3)28(24)21-26)22-10-6-4-7-11-22/h4-15,20-21,25,29,34,37H,16-19H2,1-3H3,(H2,33,36)/t25?,29-,32?/m1/s1. The Bertz CT molecular complexity index is 1620. The van der Waals surface area contributed by atoms with Crippen LogP contribution in [-0.2, 0) is 21.9 Å². The first-order valence-corrected chi connectivity index (χ1v) is 15.2. The SMILES string of the molecule is Cn1c(-c2ccccc2)cc2ccc(S(=O)(=O)NC3CCC(C(N)=O)([C@H](c4ccccc4)C(C)(C)O)CC3)cc21. The minimum atomic E-state index is -3.81. The Kier molecular flexibility index (Phi) is 7.37. The molecule has 0 radical (unpaired) electrons. The molecule has 8 heteroatoms. The van der Waals surface area contributed by atoms with Crippen LogP contribution in [0.4, 0.5) is 0 Å². The van der Waals surface area contributed by atoms with Gasteiger partial charge in [-0.05, 0) is 68.9 Å². The van der Waals surface area contributed by atoms with Gasteiger partial charge in [-0.1, -0.05) is 66.7 Å². The number of fused-ring (bicyclic) bond motifs is 1. The van der Waals surface area contributed by atoms with E-state index in [1.54, 1.807) is 26.0 Å². The fourth-order valence-electron chi connectivity index (χ4n) is 6.63. The van der Waals surface area contributed by atoms with E-state index >= 15 is 0 Å². The Morgan fingerprint density at radius 1 is 1.00 bits per heavy atom. The molecule has 1 aliphatic rings. The van der Waals surface area contributed by atoms with Gasteiger partial charge < -0.3 is 15.4 Å². The number of sulfonamides is 1. The second-order valence-corrected chi connectivity index (χ2v) is 13.3. The van der Waals surface area contributed by atoms with Crippen molar-refractivity contribution in [2.24, 2.45) is 18.2 Å². The van der Waals surface area contributed by atoms with E-state index in [0.717, 1.165) is 27.7 Å². The summed E-state index contributed by atoms with van der Waals surface area (Å²) in [6.45, 7) is 3.40. The number of amides is 1. The third-order valence-electron chi connectivity index (χ3n) is 8.48. The molecule has 0 unspecified atom stereocenters. The topological polar surface area (TPSA) is 114 Å². The minimum Gasteiger partial charge on any atom is -0.390 e. The summed E-state index contributed by atoms with van der Waals surface area (Å²) in [5, 5.41) is 12.1. The first-order valence-electron chi connectivity index (χ1n) is 13.7. The van der Waals surface area contributed by atoms with Crippen LogP contribution >= 0.6 is 0 Å². The zero-order valence-electron chi connectivity index (χ0n) is 23.2. The maximum Gasteiger partial charge on any atom is 0.240 e. The maximum atomic E-state index is 13.5. The third-order valence-corrected chi connectivity index (χ3v) is 10.00. The quantitative estimate of drug-likeness (QED) is 0.279. The molecule has 40 heavy (non-hydrogen) atoms. The van der Waals surface area contributed by atoms with Gasteiger partial charge in [-0.2, -0.15) is 0 Å². The molecule has 3 aromatic carbocycles. The van der Waals surface area contributed by atoms with Crippen LogP contribution in [0, 0.1) is 5.41 Å². The number of hydrogen-bond donors (Lipinski definition) is 3. The van der Waals surface area contributed by atoms with Crippen LogP contribution in [0.5, 0.6) is 0 Å². The number of carbonyl (C=O) groups is 1. The molecule has 1 heterocycles. The second kappa shape index (κ2) is 10.5. The highest BCUT2D eigenvalue weighted by Crippen LogP contribution is 2.52. The second-order valence-electron chi connectivity index (χ2n) is 11.6. The Morgan fingerprint density at radius 3 is 2.17 bits per heavy atom. The zero-order valence-corrected chi connectivity index (χ0v) is 24.0. The number of hydrogen-bond acceptors (Lipinski definition) is 4. The lowest BCUT2D eigenvalue weighted by Crippen LogP contribution is -2.53. The fourth-order valence-corrected chi connectivity index (χ4v) is 7.95. The molecule has 4 N–H and O–H groups in total. The number of nitrogens with two attached hydrogens (primary N) is 1. The molecule has 4 aromatic rings. The molecule has 1 fully saturated rings. The molecule has 1 amide bonds. The smallest absolute Gasteiger partial charge is 0.240 e. The van der Waals surface area contributed by atoms with Crippen LogP contribution in [0.15, 0.2) is 89.8 Å². The molecular weight excluding hydrogens is 522 g/mol. The Morgan fingerprint density at radius 2 is 1.60 bits per heavy atom. The normalized spacial score (nSPS) is 20.9. The van der Waals surface area contributed by atoms with Gasteiger partial charge in [0.1, 0.15) is 0 Å². The number of nitrogens with one attached hydrogen (secondary N) is 1. The van der Waals surface area contributed by atoms with E-state index < -0.39 is 32.9 Å². The largest absolute Gasteiger partial charge is 0.390 e. The van der Waals surface area contributed by atoms with Gasteiger partial charge in [0.05, 0.1) is 15.9 Å². The summed E-state index contributed by atoms with van der Waals surface area (Å²) in [5.74, 6) is -0.983. The van der Waals surface area contributed by atoms with Gasteiger partial charge in [0.2, 0.25) is 15.9 Å². The first-order chi connectivity index (χ1) is 18.9. The number of primary amides is 1. The molecule has 0 saturated heterocycles. The van der Waals surface area contributed by atoms with E-state index in [0.29, 0.717) is 25.7 Å². The third kappa shape index (κ3) is 5.19. The lowest BCUT2D eigenvalue weighted by atomic mass is 9.58. The number of benzene rings is 3. The summed E-state index contributed by atoms with van der Waals surface area (Å²) < 4.78 is 31.9. The number of aromatic nitrogens is 1. The maximum absolute atomic E-state index is 13.5. The van der Waals surface area contributed by atoms with Crippen LogP contribution in [0.3, 0.4) is 0 Å². The van der Waals surface area contributed by atoms with E-state index in [1.165, 1.54) is 0 Å². The van der Waals surface area contributed by atoms with Crippen molar-refractivity contribution >= 4 is 26.8 Å². The van der Waals surface area contributed by atoms with Crippen LogP contribution in [-0.4, -0.2) is 35.6 Å². The monoisotopic (exact) mass is 559 g/mol. The molecule has 1 saturated carbocycles. The Hall–Kier alpha value is -3.46. The van der Waals surface area contributed by atoms with E-state index in [4.69, 9.17) is 5.73 Å². The Labute approximate surface area is 236 Å². The van der Waals surface area contributed by atoms with Crippen LogP contribution < -0.4 is 10.5 Å². The summed E-state index contributed by atoms with van der Waals surface area (Å²) in [4.78, 5) is 13.2. The van der Waals surface area contributed by atoms with Gasteiger partial charge in [-0.3, -0.25) is 4.79 Å². The van der Waals surface area contributed by atoms with E-state index in [9.17, 15) is 18.3 Å². The summed E-state index contributed by atoms with van der Waals surface area (Å²) in [7, 11) is -1.88. The molecule has 0 bridgehead atoms. The van der Waals surface area contributed by atoms with Gasteiger partial charge >= 0.3 is 0 Å². The average Bonchev–Trinajstić information content (AvgIpc) is 3.25. The highest BCUT2D eigenvalue weighted by molar-refractivity contribution is 7.89. The fraction of sp³-hybridized carbons (Fsp3) is 0.344. The van der Waals surface area contributed by atoms with Crippen molar-refractivity contribution < 1.29 is 18.3 Å². The highest BCUT2D eigenvalue weighted by Gasteiger charge is 2.52. The molecule has 1 aromatic heterocycles. The predicted octanol–water partition coefficient (Wildman–Crippen LogP) is 5.09. The number of aryl methyl sites for hydroxylation is 1. The van der Waals surface area contributed by atoms with Crippen molar-refractivity contribution in [1.82, 2.24) is 9.29 Å². The van der Waals surface area contributed by atoms with Crippen molar-refractivity contribution in [3.8, 4) is 11.3 Å².